The highest BCUT2D eigenvalue weighted by Crippen LogP contribution is 2.21. The first kappa shape index (κ1) is 15.3. The van der Waals surface area contributed by atoms with Gasteiger partial charge < -0.3 is 14.7 Å². The van der Waals surface area contributed by atoms with E-state index in [1.165, 1.54) is 25.9 Å². The topological polar surface area (TPSA) is 30.0 Å². The predicted octanol–water partition coefficient (Wildman–Crippen LogP) is 0.177. The van der Waals surface area contributed by atoms with Crippen LogP contribution < -0.4 is 0 Å². The number of hydrogen-bond donors (Lipinski definition) is 0. The number of hydrogen-bond acceptors (Lipinski definition) is 4. The monoisotopic (exact) mass is 294 g/mol. The Morgan fingerprint density at radius 3 is 2.00 bits per heavy atom. The number of carbonyl (C=O) groups is 1. The molecular weight excluding hydrogens is 264 g/mol. The van der Waals surface area contributed by atoms with E-state index in [2.05, 4.69) is 33.7 Å². The molecule has 0 aromatic rings. The lowest BCUT2D eigenvalue weighted by atomic mass is 10.0. The van der Waals surface area contributed by atoms with Gasteiger partial charge in [0.1, 0.15) is 0 Å². The molecule has 0 aromatic heterocycles. The molecule has 0 aliphatic carbocycles. The molecule has 0 bridgehead atoms. The molecule has 3 aliphatic rings. The molecule has 0 N–H and O–H groups in total. The molecule has 5 nitrogen and oxygen atoms in total. The Morgan fingerprint density at radius 1 is 0.810 bits per heavy atom. The van der Waals surface area contributed by atoms with Crippen LogP contribution >= 0.6 is 0 Å². The second-order valence-corrected chi connectivity index (χ2v) is 7.14. The summed E-state index contributed by atoms with van der Waals surface area (Å²) in [5.41, 5.74) is 0. The number of amides is 1. The molecule has 120 valence electrons. The lowest BCUT2D eigenvalue weighted by molar-refractivity contribution is -0.137. The average molecular weight is 294 g/mol. The molecule has 21 heavy (non-hydrogen) atoms. The zero-order valence-corrected chi connectivity index (χ0v) is 13.6. The molecule has 0 radical (unpaired) electrons. The summed E-state index contributed by atoms with van der Waals surface area (Å²) in [6, 6.07) is 0.746. The van der Waals surface area contributed by atoms with Gasteiger partial charge in [-0.15, -0.1) is 0 Å². The third kappa shape index (κ3) is 3.58. The first-order valence-corrected chi connectivity index (χ1v) is 8.53. The van der Waals surface area contributed by atoms with Crippen LogP contribution in [-0.2, 0) is 4.79 Å². The third-order valence-electron chi connectivity index (χ3n) is 5.57. The Hall–Kier alpha value is -0.650. The van der Waals surface area contributed by atoms with E-state index in [-0.39, 0.29) is 5.92 Å². The summed E-state index contributed by atoms with van der Waals surface area (Å²) >= 11 is 0. The van der Waals surface area contributed by atoms with Crippen LogP contribution in [0.1, 0.15) is 19.3 Å². The van der Waals surface area contributed by atoms with Crippen molar-refractivity contribution in [3.8, 4) is 0 Å². The number of piperazine rings is 1. The van der Waals surface area contributed by atoms with Gasteiger partial charge in [-0.1, -0.05) is 0 Å². The Labute approximate surface area is 128 Å². The molecule has 0 saturated carbocycles. The van der Waals surface area contributed by atoms with Crippen LogP contribution in [0.2, 0.25) is 0 Å². The van der Waals surface area contributed by atoms with Crippen LogP contribution in [0.5, 0.6) is 0 Å². The van der Waals surface area contributed by atoms with Gasteiger partial charge in [0.15, 0.2) is 0 Å². The predicted molar refractivity (Wildman–Crippen MR) is 84.3 cm³/mol. The zero-order valence-electron chi connectivity index (χ0n) is 13.6. The normalized spacial score (nSPS) is 31.0. The lowest BCUT2D eigenvalue weighted by Crippen LogP contribution is -2.55. The number of likely N-dealkylation sites (tertiary alicyclic amines) is 2. The first-order valence-electron chi connectivity index (χ1n) is 8.53. The highest BCUT2D eigenvalue weighted by molar-refractivity contribution is 5.79. The summed E-state index contributed by atoms with van der Waals surface area (Å²) in [7, 11) is 4.33. The SMILES string of the molecule is CN1CCC(N2CCN(C(=O)C3CCN(C)C3)CC2)CC1. The largest absolute Gasteiger partial charge is 0.340 e. The summed E-state index contributed by atoms with van der Waals surface area (Å²) < 4.78 is 0. The van der Waals surface area contributed by atoms with Crippen LogP contribution in [-0.4, -0.2) is 98.0 Å². The molecule has 3 fully saturated rings. The molecule has 1 unspecified atom stereocenters. The molecule has 3 heterocycles. The van der Waals surface area contributed by atoms with Crippen LogP contribution in [0.15, 0.2) is 0 Å². The molecule has 1 amide bonds. The van der Waals surface area contributed by atoms with Crippen molar-refractivity contribution < 1.29 is 4.79 Å². The lowest BCUT2D eigenvalue weighted by Gasteiger charge is -2.42. The standard InChI is InChI=1S/C16H30N4O/c1-17-7-4-15(5-8-17)19-9-11-20(12-10-19)16(21)14-3-6-18(2)13-14/h14-15H,3-13H2,1-2H3. The van der Waals surface area contributed by atoms with Gasteiger partial charge in [0.25, 0.3) is 0 Å². The smallest absolute Gasteiger partial charge is 0.227 e. The second-order valence-electron chi connectivity index (χ2n) is 7.14. The van der Waals surface area contributed by atoms with E-state index in [0.29, 0.717) is 5.91 Å². The quantitative estimate of drug-likeness (QED) is 0.727. The van der Waals surface area contributed by atoms with Gasteiger partial charge in [-0.05, 0) is 53.0 Å². The van der Waals surface area contributed by atoms with E-state index >= 15 is 0 Å². The van der Waals surface area contributed by atoms with E-state index in [1.54, 1.807) is 0 Å². The highest BCUT2D eigenvalue weighted by atomic mass is 16.2. The highest BCUT2D eigenvalue weighted by Gasteiger charge is 2.33. The minimum absolute atomic E-state index is 0.255. The number of nitrogens with zero attached hydrogens (tertiary/aromatic N) is 4. The van der Waals surface area contributed by atoms with Gasteiger partial charge >= 0.3 is 0 Å². The van der Waals surface area contributed by atoms with E-state index in [1.807, 2.05) is 0 Å². The summed E-state index contributed by atoms with van der Waals surface area (Å²) in [4.78, 5) is 22.0. The summed E-state index contributed by atoms with van der Waals surface area (Å²) in [6.45, 7) is 8.48. The second kappa shape index (κ2) is 6.63. The van der Waals surface area contributed by atoms with Gasteiger partial charge in [0, 0.05) is 38.8 Å². The van der Waals surface area contributed by atoms with Crippen molar-refractivity contribution in [2.45, 2.75) is 25.3 Å². The van der Waals surface area contributed by atoms with Crippen molar-refractivity contribution >= 4 is 5.91 Å². The van der Waals surface area contributed by atoms with Gasteiger partial charge in [-0.3, -0.25) is 9.69 Å². The molecule has 0 spiro atoms. The minimum atomic E-state index is 0.255. The number of piperidine rings is 1. The summed E-state index contributed by atoms with van der Waals surface area (Å²) in [6.07, 6.45) is 3.63. The molecule has 3 saturated heterocycles. The minimum Gasteiger partial charge on any atom is -0.340 e. The van der Waals surface area contributed by atoms with Gasteiger partial charge in [0.2, 0.25) is 5.91 Å². The van der Waals surface area contributed by atoms with E-state index in [9.17, 15) is 4.79 Å². The summed E-state index contributed by atoms with van der Waals surface area (Å²) in [5.74, 6) is 0.659. The van der Waals surface area contributed by atoms with Crippen LogP contribution in [0.4, 0.5) is 0 Å². The van der Waals surface area contributed by atoms with E-state index in [4.69, 9.17) is 0 Å². The zero-order chi connectivity index (χ0) is 14.8. The molecule has 1 atom stereocenters. The fraction of sp³-hybridized carbons (Fsp3) is 0.938. The Morgan fingerprint density at radius 2 is 1.43 bits per heavy atom. The number of rotatable bonds is 2. The maximum absolute atomic E-state index is 12.5. The average Bonchev–Trinajstić information content (AvgIpc) is 2.94. The third-order valence-corrected chi connectivity index (χ3v) is 5.57. The maximum Gasteiger partial charge on any atom is 0.227 e. The fourth-order valence-electron chi connectivity index (χ4n) is 4.06. The molecule has 3 rings (SSSR count). The summed E-state index contributed by atoms with van der Waals surface area (Å²) in [5, 5.41) is 0. The fourth-order valence-corrected chi connectivity index (χ4v) is 4.06. The van der Waals surface area contributed by atoms with E-state index in [0.717, 1.165) is 51.7 Å². The van der Waals surface area contributed by atoms with Crippen LogP contribution in [0, 0.1) is 5.92 Å². The Balaban J connectivity index is 1.45. The maximum atomic E-state index is 12.5. The van der Waals surface area contributed by atoms with Crippen molar-refractivity contribution in [1.29, 1.82) is 0 Å². The van der Waals surface area contributed by atoms with E-state index < -0.39 is 0 Å². The van der Waals surface area contributed by atoms with Crippen molar-refractivity contribution in [3.05, 3.63) is 0 Å². The van der Waals surface area contributed by atoms with Crippen LogP contribution in [0.3, 0.4) is 0 Å². The van der Waals surface area contributed by atoms with Gasteiger partial charge in [-0.2, -0.15) is 0 Å². The molecule has 3 aliphatic heterocycles. The van der Waals surface area contributed by atoms with Crippen molar-refractivity contribution in [1.82, 2.24) is 19.6 Å². The molecular formula is C16H30N4O. The molecule has 0 aromatic carbocycles. The number of carbonyl (C=O) groups excluding carboxylic acids is 1. The van der Waals surface area contributed by atoms with Gasteiger partial charge in [0.05, 0.1) is 5.92 Å². The van der Waals surface area contributed by atoms with Crippen LogP contribution in [0.25, 0.3) is 0 Å². The Kier molecular flexibility index (Phi) is 4.82. The Bertz CT molecular complexity index is 359. The van der Waals surface area contributed by atoms with Crippen molar-refractivity contribution in [2.75, 3.05) is 66.5 Å². The van der Waals surface area contributed by atoms with Gasteiger partial charge in [-0.25, -0.2) is 0 Å². The van der Waals surface area contributed by atoms with Crippen molar-refractivity contribution in [3.63, 3.8) is 0 Å². The van der Waals surface area contributed by atoms with Crippen molar-refractivity contribution in [2.24, 2.45) is 5.92 Å². The first-order chi connectivity index (χ1) is 10.1. The molecule has 5 heteroatoms.